The lowest BCUT2D eigenvalue weighted by molar-refractivity contribution is -0.142. The van der Waals surface area contributed by atoms with Gasteiger partial charge in [-0.1, -0.05) is 58.0 Å². The molecule has 2 heterocycles. The first-order valence-electron chi connectivity index (χ1n) is 17.0. The van der Waals surface area contributed by atoms with Crippen LogP contribution in [-0.2, 0) is 43.9 Å². The minimum absolute atomic E-state index is 0.0495. The van der Waals surface area contributed by atoms with Gasteiger partial charge in [0.2, 0.25) is 15.9 Å². The Morgan fingerprint density at radius 3 is 2.33 bits per heavy atom. The number of benzene rings is 2. The summed E-state index contributed by atoms with van der Waals surface area (Å²) in [5, 5.41) is 17.2. The second-order valence-corrected chi connectivity index (χ2v) is 16.2. The molecule has 0 unspecified atom stereocenters. The zero-order chi connectivity index (χ0) is 37.3. The van der Waals surface area contributed by atoms with Crippen molar-refractivity contribution in [3.05, 3.63) is 76.2 Å². The van der Waals surface area contributed by atoms with Gasteiger partial charge in [-0.05, 0) is 48.1 Å². The molecule has 0 saturated carbocycles. The number of nitrogens with zero attached hydrogens (tertiary/aromatic N) is 4. The van der Waals surface area contributed by atoms with Gasteiger partial charge >= 0.3 is 12.0 Å². The van der Waals surface area contributed by atoms with Gasteiger partial charge < -0.3 is 29.7 Å². The van der Waals surface area contributed by atoms with Crippen molar-refractivity contribution in [2.45, 2.75) is 77.3 Å². The largest absolute Gasteiger partial charge is 0.497 e. The lowest BCUT2D eigenvalue weighted by Crippen LogP contribution is -2.57. The fourth-order valence-corrected chi connectivity index (χ4v) is 8.30. The summed E-state index contributed by atoms with van der Waals surface area (Å²) in [5.41, 5.74) is 1.50. The second kappa shape index (κ2) is 17.9. The van der Waals surface area contributed by atoms with Crippen molar-refractivity contribution in [1.82, 2.24) is 24.4 Å². The molecule has 278 valence electrons. The highest BCUT2D eigenvalue weighted by atomic mass is 32.2. The van der Waals surface area contributed by atoms with E-state index in [-0.39, 0.29) is 55.4 Å². The van der Waals surface area contributed by atoms with Crippen molar-refractivity contribution in [2.24, 2.45) is 11.8 Å². The molecule has 15 heteroatoms. The molecule has 1 fully saturated rings. The van der Waals surface area contributed by atoms with Crippen molar-refractivity contribution in [1.29, 1.82) is 0 Å². The van der Waals surface area contributed by atoms with Gasteiger partial charge in [0.15, 0.2) is 0 Å². The molecule has 1 aliphatic heterocycles. The molecule has 0 bridgehead atoms. The number of hydrogen-bond donors (Lipinski definition) is 2. The average Bonchev–Trinajstić information content (AvgIpc) is 3.69. The number of urea groups is 1. The first-order chi connectivity index (χ1) is 24.2. The molecule has 1 saturated heterocycles. The Bertz CT molecular complexity index is 1720. The maximum Gasteiger partial charge on any atom is 0.321 e. The first-order valence-corrected chi connectivity index (χ1v) is 19.3. The van der Waals surface area contributed by atoms with Crippen LogP contribution in [0.4, 0.5) is 4.79 Å². The molecule has 0 aliphatic carbocycles. The quantitative estimate of drug-likeness (QED) is 0.184. The maximum atomic E-state index is 14.1. The van der Waals surface area contributed by atoms with Crippen molar-refractivity contribution in [3.63, 3.8) is 0 Å². The SMILES string of the molecule is COc1ccc(S(=O)(=O)N(CC(C)C)C[C@H](O)[C@H](Cc2ccccc2)NC(=O)[C@H](C(C)C)N2CCN(Cc3csc(COC(C)=O)n3)C2=O)cc1. The van der Waals surface area contributed by atoms with Crippen LogP contribution in [-0.4, -0.2) is 102 Å². The number of esters is 1. The standard InChI is InChI=1S/C36H49N5O8S2/c1-24(2)19-40(51(46,47)30-14-12-29(48-6)13-15-30)21-32(43)31(18-27-10-8-7-9-11-27)38-35(44)34(25(3)4)41-17-16-39(36(41)45)20-28-23-50-33(37-28)22-49-26(5)42/h7-15,23-25,31-32,34,43H,16-22H2,1-6H3,(H,38,44)/t31-,32-,34-/m0/s1. The molecule has 2 aromatic carbocycles. The van der Waals surface area contributed by atoms with Gasteiger partial charge in [0.05, 0.1) is 36.4 Å². The summed E-state index contributed by atoms with van der Waals surface area (Å²) < 4.78 is 39.2. The van der Waals surface area contributed by atoms with Gasteiger partial charge in [-0.15, -0.1) is 11.3 Å². The third-order valence-corrected chi connectivity index (χ3v) is 11.2. The van der Waals surface area contributed by atoms with Gasteiger partial charge in [-0.3, -0.25) is 9.59 Å². The number of aliphatic hydroxyl groups excluding tert-OH is 1. The number of carbonyl (C=O) groups excluding carboxylic acids is 3. The van der Waals surface area contributed by atoms with Crippen LogP contribution >= 0.6 is 11.3 Å². The fourth-order valence-electron chi connectivity index (χ4n) is 5.99. The van der Waals surface area contributed by atoms with E-state index in [9.17, 15) is 27.9 Å². The molecule has 51 heavy (non-hydrogen) atoms. The number of amides is 3. The van der Waals surface area contributed by atoms with E-state index in [1.807, 2.05) is 63.4 Å². The Kier molecular flexibility index (Phi) is 14.0. The van der Waals surface area contributed by atoms with E-state index in [2.05, 4.69) is 10.3 Å². The number of aromatic nitrogens is 1. The lowest BCUT2D eigenvalue weighted by Gasteiger charge is -2.34. The molecular formula is C36H49N5O8S2. The summed E-state index contributed by atoms with van der Waals surface area (Å²) >= 11 is 1.34. The van der Waals surface area contributed by atoms with Crippen LogP contribution in [0.1, 0.15) is 50.9 Å². The maximum absolute atomic E-state index is 14.1. The Morgan fingerprint density at radius 1 is 1.04 bits per heavy atom. The number of thiazole rings is 1. The van der Waals surface area contributed by atoms with Gasteiger partial charge in [0.1, 0.15) is 23.4 Å². The Morgan fingerprint density at radius 2 is 1.73 bits per heavy atom. The van der Waals surface area contributed by atoms with E-state index in [0.29, 0.717) is 29.5 Å². The first kappa shape index (κ1) is 39.7. The molecule has 13 nitrogen and oxygen atoms in total. The zero-order valence-electron chi connectivity index (χ0n) is 30.0. The second-order valence-electron chi connectivity index (χ2n) is 13.4. The number of sulfonamides is 1. The molecule has 4 rings (SSSR count). The van der Waals surface area contributed by atoms with Gasteiger partial charge in [-0.2, -0.15) is 4.31 Å². The predicted octanol–water partition coefficient (Wildman–Crippen LogP) is 3.91. The Labute approximate surface area is 304 Å². The molecule has 0 radical (unpaired) electrons. The summed E-state index contributed by atoms with van der Waals surface area (Å²) in [6.45, 7) is 9.72. The van der Waals surface area contributed by atoms with Crippen molar-refractivity contribution in [3.8, 4) is 5.75 Å². The number of aliphatic hydroxyl groups is 1. The van der Waals surface area contributed by atoms with E-state index in [4.69, 9.17) is 9.47 Å². The van der Waals surface area contributed by atoms with Crippen LogP contribution in [0.5, 0.6) is 5.75 Å². The normalized spacial score (nSPS) is 15.4. The summed E-state index contributed by atoms with van der Waals surface area (Å²) in [6, 6.07) is 13.4. The van der Waals surface area contributed by atoms with Crippen LogP contribution in [0.25, 0.3) is 0 Å². The molecule has 1 aliphatic rings. The summed E-state index contributed by atoms with van der Waals surface area (Å²) in [5.74, 6) is -0.647. The Balaban J connectivity index is 1.53. The molecule has 3 atom stereocenters. The van der Waals surface area contributed by atoms with E-state index >= 15 is 0 Å². The number of ether oxygens (including phenoxy) is 2. The molecule has 0 spiro atoms. The summed E-state index contributed by atoms with van der Waals surface area (Å²) in [7, 11) is -2.52. The van der Waals surface area contributed by atoms with Crippen LogP contribution in [0.15, 0.2) is 64.9 Å². The highest BCUT2D eigenvalue weighted by Crippen LogP contribution is 2.24. The minimum atomic E-state index is -4.02. The van der Waals surface area contributed by atoms with Crippen molar-refractivity contribution < 1.29 is 37.4 Å². The number of hydrogen-bond acceptors (Lipinski definition) is 10. The van der Waals surface area contributed by atoms with Gasteiger partial charge in [0, 0.05) is 38.5 Å². The minimum Gasteiger partial charge on any atom is -0.497 e. The van der Waals surface area contributed by atoms with Crippen LogP contribution < -0.4 is 10.1 Å². The molecule has 3 amide bonds. The molecular weight excluding hydrogens is 695 g/mol. The van der Waals surface area contributed by atoms with Crippen molar-refractivity contribution >= 4 is 39.3 Å². The van der Waals surface area contributed by atoms with Gasteiger partial charge in [0.25, 0.3) is 0 Å². The van der Waals surface area contributed by atoms with E-state index in [0.717, 1.165) is 5.56 Å². The highest BCUT2D eigenvalue weighted by Gasteiger charge is 2.40. The number of nitrogens with one attached hydrogen (secondary N) is 1. The third kappa shape index (κ3) is 10.7. The van der Waals surface area contributed by atoms with E-state index in [1.165, 1.54) is 46.7 Å². The van der Waals surface area contributed by atoms with Crippen LogP contribution in [0.3, 0.4) is 0 Å². The van der Waals surface area contributed by atoms with Crippen LogP contribution in [0, 0.1) is 11.8 Å². The predicted molar refractivity (Wildman–Crippen MR) is 193 cm³/mol. The number of rotatable bonds is 18. The van der Waals surface area contributed by atoms with Gasteiger partial charge in [-0.25, -0.2) is 18.2 Å². The lowest BCUT2D eigenvalue weighted by atomic mass is 9.97. The summed E-state index contributed by atoms with van der Waals surface area (Å²) in [4.78, 5) is 46.7. The highest BCUT2D eigenvalue weighted by molar-refractivity contribution is 7.89. The average molecular weight is 744 g/mol. The van der Waals surface area contributed by atoms with Crippen molar-refractivity contribution in [2.75, 3.05) is 33.3 Å². The number of methoxy groups -OCH3 is 1. The molecule has 3 aromatic rings. The van der Waals surface area contributed by atoms with Crippen LogP contribution in [0.2, 0.25) is 0 Å². The monoisotopic (exact) mass is 743 g/mol. The fraction of sp³-hybridized carbons (Fsp3) is 0.500. The smallest absolute Gasteiger partial charge is 0.321 e. The van der Waals surface area contributed by atoms with E-state index < -0.39 is 40.1 Å². The zero-order valence-corrected chi connectivity index (χ0v) is 31.7. The Hall–Kier alpha value is -4.05. The number of carbonyl (C=O) groups is 3. The topological polar surface area (TPSA) is 159 Å². The molecule has 1 aromatic heterocycles. The third-order valence-electron chi connectivity index (χ3n) is 8.46. The summed E-state index contributed by atoms with van der Waals surface area (Å²) in [6.07, 6.45) is -1.05. The molecule has 2 N–H and O–H groups in total. The van der Waals surface area contributed by atoms with E-state index in [1.54, 1.807) is 17.0 Å².